The molecule has 0 bridgehead atoms. The van der Waals surface area contributed by atoms with Crippen LogP contribution in [0.25, 0.3) is 12.2 Å². The van der Waals surface area contributed by atoms with Gasteiger partial charge < -0.3 is 0 Å². The van der Waals surface area contributed by atoms with Crippen molar-refractivity contribution in [3.05, 3.63) is 82.9 Å². The number of halogens is 2. The molecule has 2 atom stereocenters. The molecule has 0 aliphatic heterocycles. The average molecular weight is 498 g/mol. The fraction of sp³-hybridized carbons (Fsp3) is 0.200. The summed E-state index contributed by atoms with van der Waals surface area (Å²) in [5.74, 6) is 5.29. The fourth-order valence-electron chi connectivity index (χ4n) is 3.99. The Kier molecular flexibility index (Phi) is 7.20. The van der Waals surface area contributed by atoms with Crippen molar-refractivity contribution in [2.24, 2.45) is 0 Å². The van der Waals surface area contributed by atoms with Gasteiger partial charge in [-0.25, -0.2) is 0 Å². The number of allylic oxidation sites excluding steroid dienone is 2. The van der Waals surface area contributed by atoms with E-state index in [4.69, 9.17) is 0 Å². The number of hydrogen-bond donors (Lipinski definition) is 0. The standard InChI is InChI=1S/2C9H7.C2H7Ge.2ClH.Zr/c2*1-2-5-9-7-3-6-8(9)4-1;1-3-2;;;/h2*1-7H;3H,1-2H3;2*1H;. The molecule has 2 aromatic carbocycles. The van der Waals surface area contributed by atoms with E-state index in [2.05, 4.69) is 84.3 Å². The molecule has 24 heavy (non-hydrogen) atoms. The zero-order valence-electron chi connectivity index (χ0n) is 14.0. The second-order valence-corrected chi connectivity index (χ2v) is 40.0. The molecule has 0 spiro atoms. The van der Waals surface area contributed by atoms with Crippen LogP contribution in [-0.2, 0) is 19.2 Å². The van der Waals surface area contributed by atoms with Crippen molar-refractivity contribution in [1.29, 1.82) is 0 Å². The Morgan fingerprint density at radius 3 is 1.54 bits per heavy atom. The van der Waals surface area contributed by atoms with Crippen LogP contribution in [0, 0.1) is 0 Å². The second-order valence-electron chi connectivity index (χ2n) is 6.59. The van der Waals surface area contributed by atoms with Gasteiger partial charge in [-0.15, -0.1) is 24.8 Å². The molecule has 0 aromatic heterocycles. The molecule has 0 nitrogen and oxygen atoms in total. The molecule has 0 saturated carbocycles. The summed E-state index contributed by atoms with van der Waals surface area (Å²) < 4.78 is 1.61. The van der Waals surface area contributed by atoms with E-state index in [1.165, 1.54) is 11.1 Å². The van der Waals surface area contributed by atoms with E-state index in [0.29, 0.717) is 0 Å². The molecule has 0 heterocycles. The molecule has 125 valence electrons. The third kappa shape index (κ3) is 3.56. The van der Waals surface area contributed by atoms with Crippen LogP contribution >= 0.6 is 24.8 Å². The number of rotatable bonds is 3. The molecule has 4 rings (SSSR count). The Hall–Kier alpha value is -0.0740. The van der Waals surface area contributed by atoms with Gasteiger partial charge in [0.2, 0.25) is 0 Å². The van der Waals surface area contributed by atoms with Gasteiger partial charge >= 0.3 is 144 Å². The molecule has 2 aliphatic carbocycles. The summed E-state index contributed by atoms with van der Waals surface area (Å²) in [5, 5.41) is 0. The van der Waals surface area contributed by atoms with E-state index >= 15 is 0 Å². The van der Waals surface area contributed by atoms with Crippen molar-refractivity contribution in [2.75, 3.05) is 0 Å². The molecular formula is C20H23Cl2GeZr. The molecule has 0 amide bonds. The number of benzene rings is 2. The molecular weight excluding hydrogens is 475 g/mol. The molecule has 2 unspecified atom stereocenters. The summed E-state index contributed by atoms with van der Waals surface area (Å²) in [6.07, 6.45) is 9.88. The van der Waals surface area contributed by atoms with Crippen LogP contribution in [0.2, 0.25) is 11.5 Å². The Labute approximate surface area is 167 Å². The van der Waals surface area contributed by atoms with Gasteiger partial charge in [0, 0.05) is 0 Å². The van der Waals surface area contributed by atoms with E-state index in [9.17, 15) is 0 Å². The van der Waals surface area contributed by atoms with Crippen LogP contribution in [0.4, 0.5) is 0 Å². The topological polar surface area (TPSA) is 0 Å². The summed E-state index contributed by atoms with van der Waals surface area (Å²) in [5.41, 5.74) is 6.22. The van der Waals surface area contributed by atoms with Crippen LogP contribution in [-0.4, -0.2) is 10.6 Å². The normalized spacial score (nSPS) is 19.5. The number of hydrogen-bond acceptors (Lipinski definition) is 0. The van der Waals surface area contributed by atoms with Gasteiger partial charge in [0.05, 0.1) is 0 Å². The predicted molar refractivity (Wildman–Crippen MR) is 110 cm³/mol. The zero-order chi connectivity index (χ0) is 15.1. The van der Waals surface area contributed by atoms with Crippen molar-refractivity contribution in [2.45, 2.75) is 18.8 Å². The summed E-state index contributed by atoms with van der Waals surface area (Å²) in [6.45, 7) is 0. The summed E-state index contributed by atoms with van der Waals surface area (Å²) in [7, 11) is -1.12. The molecule has 0 radical (unpaired) electrons. The van der Waals surface area contributed by atoms with Crippen molar-refractivity contribution < 1.29 is 19.2 Å². The third-order valence-electron chi connectivity index (χ3n) is 4.98. The average Bonchev–Trinajstić information content (AvgIpc) is 3.13. The van der Waals surface area contributed by atoms with Crippen LogP contribution in [0.5, 0.6) is 0 Å². The first-order chi connectivity index (χ1) is 10.8. The quantitative estimate of drug-likeness (QED) is 0.458. The van der Waals surface area contributed by atoms with E-state index in [-0.39, 0.29) is 24.8 Å². The first-order valence-electron chi connectivity index (χ1n) is 8.16. The Morgan fingerprint density at radius 1 is 0.708 bits per heavy atom. The second kappa shape index (κ2) is 8.54. The molecule has 2 aromatic rings. The molecule has 0 saturated heterocycles. The van der Waals surface area contributed by atoms with Crippen molar-refractivity contribution >= 4 is 47.5 Å². The molecule has 2 aliphatic rings. The van der Waals surface area contributed by atoms with Gasteiger partial charge in [0.25, 0.3) is 0 Å². The van der Waals surface area contributed by atoms with E-state index in [1.54, 1.807) is 11.1 Å². The van der Waals surface area contributed by atoms with Crippen molar-refractivity contribution in [3.8, 4) is 0 Å². The Bertz CT molecular complexity index is 708. The monoisotopic (exact) mass is 497 g/mol. The van der Waals surface area contributed by atoms with Gasteiger partial charge in [-0.1, -0.05) is 0 Å². The first-order valence-corrected chi connectivity index (χ1v) is 24.4. The maximum absolute atomic E-state index is 2.64. The Morgan fingerprint density at radius 2 is 1.12 bits per heavy atom. The predicted octanol–water partition coefficient (Wildman–Crippen LogP) is 5.97. The maximum atomic E-state index is 2.64. The summed E-state index contributed by atoms with van der Waals surface area (Å²) in [6, 6.07) is 18.2. The molecule has 0 fully saturated rings. The van der Waals surface area contributed by atoms with E-state index in [1.807, 2.05) is 0 Å². The minimum absolute atomic E-state index is 0. The Balaban J connectivity index is 0.00000104. The SMILES string of the molecule is Cl.Cl.[CH3][GeH]([CH3])[Zr]([CH]1C=Cc2ccccc21)[CH]1C=Cc2ccccc21. The van der Waals surface area contributed by atoms with Crippen LogP contribution < -0.4 is 0 Å². The van der Waals surface area contributed by atoms with Gasteiger partial charge in [-0.05, 0) is 0 Å². The minimum atomic E-state index is -1.57. The number of fused-ring (bicyclic) bond motifs is 2. The van der Waals surface area contributed by atoms with Gasteiger partial charge in [0.1, 0.15) is 0 Å². The summed E-state index contributed by atoms with van der Waals surface area (Å²) in [4.78, 5) is 0. The van der Waals surface area contributed by atoms with Crippen molar-refractivity contribution in [3.63, 3.8) is 0 Å². The third-order valence-corrected chi connectivity index (χ3v) is 39.7. The van der Waals surface area contributed by atoms with E-state index < -0.39 is 29.8 Å². The van der Waals surface area contributed by atoms with Crippen LogP contribution in [0.15, 0.2) is 60.7 Å². The van der Waals surface area contributed by atoms with Crippen LogP contribution in [0.3, 0.4) is 0 Å². The van der Waals surface area contributed by atoms with Crippen molar-refractivity contribution in [1.82, 2.24) is 0 Å². The molecule has 0 N–H and O–H groups in total. The first kappa shape index (κ1) is 20.2. The molecule has 4 heteroatoms. The fourth-order valence-corrected chi connectivity index (χ4v) is 38.1. The zero-order valence-corrected chi connectivity index (χ0v) is 20.5. The van der Waals surface area contributed by atoms with Gasteiger partial charge in [-0.2, -0.15) is 0 Å². The van der Waals surface area contributed by atoms with Gasteiger partial charge in [0.15, 0.2) is 0 Å². The van der Waals surface area contributed by atoms with Gasteiger partial charge in [-0.3, -0.25) is 0 Å². The van der Waals surface area contributed by atoms with E-state index in [0.717, 1.165) is 7.25 Å². The van der Waals surface area contributed by atoms with Crippen LogP contribution in [0.1, 0.15) is 29.5 Å². The summed E-state index contributed by atoms with van der Waals surface area (Å²) >= 11 is -1.57.